The molecule has 0 aromatic heterocycles. The van der Waals surface area contributed by atoms with Crippen molar-refractivity contribution in [2.75, 3.05) is 20.2 Å². The summed E-state index contributed by atoms with van der Waals surface area (Å²) in [6.45, 7) is 4.28. The zero-order valence-corrected chi connectivity index (χ0v) is 17.9. The third-order valence-corrected chi connectivity index (χ3v) is 4.99. The van der Waals surface area contributed by atoms with Crippen LogP contribution in [0.15, 0.2) is 18.2 Å². The largest absolute Gasteiger partial charge is 0.547 e. The van der Waals surface area contributed by atoms with Crippen LogP contribution in [0.25, 0.3) is 0 Å². The maximum absolute atomic E-state index is 12.4. The molecule has 8 nitrogen and oxygen atoms in total. The van der Waals surface area contributed by atoms with Gasteiger partial charge >= 0.3 is 19.3 Å². The molecule has 0 bridgehead atoms. The predicted molar refractivity (Wildman–Crippen MR) is 108 cm³/mol. The number of fused-ring (bicyclic) bond motifs is 1. The average molecular weight is 461 g/mol. The second kappa shape index (κ2) is 12.1. The Kier molecular flexibility index (Phi) is 9.79. The van der Waals surface area contributed by atoms with Crippen LogP contribution in [0.3, 0.4) is 0 Å². The average Bonchev–Trinajstić information content (AvgIpc) is 2.72. The molecule has 1 aromatic carbocycles. The molecule has 0 saturated heterocycles. The number of hydrogen-bond acceptors (Lipinski definition) is 7. The summed E-state index contributed by atoms with van der Waals surface area (Å²) in [5.41, 5.74) is 0.444. The van der Waals surface area contributed by atoms with Gasteiger partial charge in [-0.1, -0.05) is 38.8 Å². The van der Waals surface area contributed by atoms with Crippen molar-refractivity contribution in [2.24, 2.45) is 5.92 Å². The van der Waals surface area contributed by atoms with Gasteiger partial charge in [-0.3, -0.25) is 4.79 Å². The highest BCUT2D eigenvalue weighted by Gasteiger charge is 2.40. The number of rotatable bonds is 11. The second-order valence-corrected chi connectivity index (χ2v) is 7.40. The monoisotopic (exact) mass is 461 g/mol. The first-order valence-electron chi connectivity index (χ1n) is 10.3. The summed E-state index contributed by atoms with van der Waals surface area (Å²) in [5, 5.41) is 12.2. The van der Waals surface area contributed by atoms with Gasteiger partial charge in [-0.05, 0) is 24.0 Å². The van der Waals surface area contributed by atoms with Crippen molar-refractivity contribution in [3.63, 3.8) is 0 Å². The Morgan fingerprint density at radius 2 is 1.97 bits per heavy atom. The van der Waals surface area contributed by atoms with E-state index in [2.05, 4.69) is 19.2 Å². The molecule has 0 saturated carbocycles. The fourth-order valence-electron chi connectivity index (χ4n) is 3.15. The molecular formula is C20H27BF3NO7. The second-order valence-electron chi connectivity index (χ2n) is 7.40. The number of hydrogen-bond donors (Lipinski definition) is 2. The lowest BCUT2D eigenvalue weighted by atomic mass is 9.72. The molecule has 1 aliphatic heterocycles. The minimum absolute atomic E-state index is 0.0168. The normalized spacial score (nSPS) is 15.8. The van der Waals surface area contributed by atoms with Crippen molar-refractivity contribution in [1.82, 2.24) is 5.32 Å². The smallest absolute Gasteiger partial charge is 0.534 e. The van der Waals surface area contributed by atoms with Crippen LogP contribution in [0.1, 0.15) is 49.0 Å². The third-order valence-electron chi connectivity index (χ3n) is 4.99. The molecule has 1 heterocycles. The SMILES string of the molecule is CCC(CC)COCOCOC(=O)c1cccc2c1OB(O)[C@@H](NC(=O)CC(F)(F)F)C2. The van der Waals surface area contributed by atoms with E-state index in [1.807, 2.05) is 0 Å². The van der Waals surface area contributed by atoms with E-state index in [9.17, 15) is 27.8 Å². The number of halogens is 3. The summed E-state index contributed by atoms with van der Waals surface area (Å²) < 4.78 is 57.9. The first-order valence-corrected chi connectivity index (χ1v) is 10.3. The lowest BCUT2D eigenvalue weighted by molar-refractivity contribution is -0.154. The summed E-state index contributed by atoms with van der Waals surface area (Å²) in [7, 11) is -1.64. The molecule has 1 aromatic rings. The van der Waals surface area contributed by atoms with Gasteiger partial charge < -0.3 is 29.2 Å². The van der Waals surface area contributed by atoms with Crippen LogP contribution < -0.4 is 9.97 Å². The summed E-state index contributed by atoms with van der Waals surface area (Å²) in [4.78, 5) is 23.9. The highest BCUT2D eigenvalue weighted by Crippen LogP contribution is 2.31. The molecule has 12 heteroatoms. The van der Waals surface area contributed by atoms with E-state index in [-0.39, 0.29) is 31.3 Å². The fraction of sp³-hybridized carbons (Fsp3) is 0.600. The molecular weight excluding hydrogens is 434 g/mol. The van der Waals surface area contributed by atoms with E-state index in [4.69, 9.17) is 18.9 Å². The molecule has 0 radical (unpaired) electrons. The summed E-state index contributed by atoms with van der Waals surface area (Å²) in [6, 6.07) is 4.52. The lowest BCUT2D eigenvalue weighted by Crippen LogP contribution is -2.53. The van der Waals surface area contributed by atoms with Crippen molar-refractivity contribution in [3.8, 4) is 5.75 Å². The van der Waals surface area contributed by atoms with Crippen LogP contribution in [0, 0.1) is 5.92 Å². The van der Waals surface area contributed by atoms with Gasteiger partial charge in [0.05, 0.1) is 12.5 Å². The maximum Gasteiger partial charge on any atom is 0.547 e. The van der Waals surface area contributed by atoms with Gasteiger partial charge in [0.25, 0.3) is 0 Å². The van der Waals surface area contributed by atoms with Gasteiger partial charge in [-0.15, -0.1) is 0 Å². The zero-order valence-electron chi connectivity index (χ0n) is 17.9. The number of carbonyl (C=O) groups excluding carboxylic acids is 2. The van der Waals surface area contributed by atoms with Crippen LogP contribution in [0.5, 0.6) is 5.75 Å². The lowest BCUT2D eigenvalue weighted by Gasteiger charge is -2.29. The minimum atomic E-state index is -4.67. The molecule has 0 unspecified atom stereocenters. The molecule has 0 spiro atoms. The Hall–Kier alpha value is -2.31. The Labute approximate surface area is 184 Å². The number of amides is 1. The van der Waals surface area contributed by atoms with Crippen molar-refractivity contribution in [1.29, 1.82) is 0 Å². The van der Waals surface area contributed by atoms with Gasteiger partial charge in [-0.25, -0.2) is 4.79 Å². The van der Waals surface area contributed by atoms with Crippen molar-refractivity contribution < 1.29 is 46.6 Å². The Morgan fingerprint density at radius 1 is 1.25 bits per heavy atom. The summed E-state index contributed by atoms with van der Waals surface area (Å²) in [6.07, 6.45) is -4.38. The van der Waals surface area contributed by atoms with E-state index in [0.29, 0.717) is 18.1 Å². The fourth-order valence-corrected chi connectivity index (χ4v) is 3.15. The quantitative estimate of drug-likeness (QED) is 0.226. The van der Waals surface area contributed by atoms with Crippen LogP contribution in [-0.4, -0.2) is 56.3 Å². The van der Waals surface area contributed by atoms with Crippen LogP contribution in [0.4, 0.5) is 13.2 Å². The van der Waals surface area contributed by atoms with Gasteiger partial charge in [0.15, 0.2) is 13.6 Å². The molecule has 1 atom stereocenters. The molecule has 1 aliphatic rings. The van der Waals surface area contributed by atoms with Crippen LogP contribution >= 0.6 is 0 Å². The molecule has 0 aliphatic carbocycles. The van der Waals surface area contributed by atoms with E-state index >= 15 is 0 Å². The van der Waals surface area contributed by atoms with E-state index < -0.39 is 37.5 Å². The zero-order chi connectivity index (χ0) is 23.7. The standard InChI is InChI=1S/C20H27BF3NO7/c1-3-13(4-2)10-29-11-30-12-31-19(27)15-7-5-6-14-8-16(21(28)32-18(14)15)25-17(26)9-20(22,23)24/h5-7,13,16,28H,3-4,8-12H2,1-2H3,(H,25,26)/t16-/m0/s1. The van der Waals surface area contributed by atoms with Gasteiger partial charge in [0.2, 0.25) is 5.91 Å². The topological polar surface area (TPSA) is 103 Å². The summed E-state index contributed by atoms with van der Waals surface area (Å²) in [5.74, 6) is -2.68. The number of carbonyl (C=O) groups is 2. The number of ether oxygens (including phenoxy) is 3. The number of alkyl halides is 3. The first kappa shape index (κ1) is 26.0. The minimum Gasteiger partial charge on any atom is -0.534 e. The van der Waals surface area contributed by atoms with E-state index in [1.54, 1.807) is 6.07 Å². The van der Waals surface area contributed by atoms with E-state index in [1.165, 1.54) is 12.1 Å². The number of benzene rings is 1. The highest BCUT2D eigenvalue weighted by molar-refractivity contribution is 6.47. The third kappa shape index (κ3) is 7.99. The van der Waals surface area contributed by atoms with Gasteiger partial charge in [0, 0.05) is 0 Å². The molecule has 2 N–H and O–H groups in total. The number of esters is 1. The van der Waals surface area contributed by atoms with Crippen molar-refractivity contribution in [3.05, 3.63) is 29.3 Å². The molecule has 32 heavy (non-hydrogen) atoms. The summed E-state index contributed by atoms with van der Waals surface area (Å²) >= 11 is 0. The Bertz CT molecular complexity index is 774. The first-order chi connectivity index (χ1) is 15.1. The van der Waals surface area contributed by atoms with Crippen LogP contribution in [0.2, 0.25) is 0 Å². The maximum atomic E-state index is 12.4. The predicted octanol–water partition coefficient (Wildman–Crippen LogP) is 2.62. The van der Waals surface area contributed by atoms with Gasteiger partial charge in [0.1, 0.15) is 17.7 Å². The molecule has 2 rings (SSSR count). The van der Waals surface area contributed by atoms with Crippen molar-refractivity contribution in [2.45, 2.75) is 51.6 Å². The molecule has 1 amide bonds. The van der Waals surface area contributed by atoms with Crippen LogP contribution in [-0.2, 0) is 25.4 Å². The Balaban J connectivity index is 1.88. The van der Waals surface area contributed by atoms with Crippen molar-refractivity contribution >= 4 is 19.0 Å². The van der Waals surface area contributed by atoms with E-state index in [0.717, 1.165) is 12.8 Å². The van der Waals surface area contributed by atoms with Gasteiger partial charge in [-0.2, -0.15) is 13.2 Å². The highest BCUT2D eigenvalue weighted by atomic mass is 19.4. The number of para-hydroxylation sites is 1. The molecule has 0 fully saturated rings. The molecule has 178 valence electrons. The number of nitrogens with one attached hydrogen (secondary N) is 1. The Morgan fingerprint density at radius 3 is 2.62 bits per heavy atom.